The third-order valence-corrected chi connectivity index (χ3v) is 4.21. The standard InChI is InChI=1S/C17H15N3OS/c1-12-20-15(16(22-12)14-5-3-2-4-6-14)17(21)19-11-13-7-9-18-10-8-13/h2-10H,11H2,1H3,(H,19,21). The normalized spacial score (nSPS) is 10.4. The molecule has 0 fully saturated rings. The summed E-state index contributed by atoms with van der Waals surface area (Å²) >= 11 is 1.54. The summed E-state index contributed by atoms with van der Waals surface area (Å²) in [5, 5.41) is 3.80. The molecule has 3 rings (SSSR count). The lowest BCUT2D eigenvalue weighted by Gasteiger charge is -2.05. The highest BCUT2D eigenvalue weighted by Crippen LogP contribution is 2.29. The highest BCUT2D eigenvalue weighted by atomic mass is 32.1. The topological polar surface area (TPSA) is 54.9 Å². The molecule has 0 aliphatic heterocycles. The number of carbonyl (C=O) groups is 1. The second-order valence-corrected chi connectivity index (χ2v) is 6.02. The van der Waals surface area contributed by atoms with Crippen LogP contribution in [0, 0.1) is 6.92 Å². The van der Waals surface area contributed by atoms with Crippen LogP contribution in [-0.2, 0) is 6.54 Å². The van der Waals surface area contributed by atoms with Gasteiger partial charge in [0.25, 0.3) is 5.91 Å². The second-order valence-electron chi connectivity index (χ2n) is 4.81. The van der Waals surface area contributed by atoms with E-state index in [9.17, 15) is 4.79 Å². The molecule has 0 unspecified atom stereocenters. The van der Waals surface area contributed by atoms with E-state index in [1.54, 1.807) is 12.4 Å². The van der Waals surface area contributed by atoms with Crippen LogP contribution in [0.5, 0.6) is 0 Å². The minimum Gasteiger partial charge on any atom is -0.347 e. The Balaban J connectivity index is 1.81. The number of hydrogen-bond acceptors (Lipinski definition) is 4. The Morgan fingerprint density at radius 3 is 2.59 bits per heavy atom. The zero-order chi connectivity index (χ0) is 15.4. The van der Waals surface area contributed by atoms with E-state index in [0.29, 0.717) is 12.2 Å². The number of pyridine rings is 1. The first-order valence-corrected chi connectivity index (χ1v) is 7.75. The summed E-state index contributed by atoms with van der Waals surface area (Å²) in [6.45, 7) is 2.38. The Morgan fingerprint density at radius 1 is 1.14 bits per heavy atom. The molecule has 0 aliphatic carbocycles. The van der Waals surface area contributed by atoms with Gasteiger partial charge in [-0.15, -0.1) is 11.3 Å². The summed E-state index contributed by atoms with van der Waals surface area (Å²) in [6.07, 6.45) is 3.42. The molecule has 22 heavy (non-hydrogen) atoms. The van der Waals surface area contributed by atoms with Gasteiger partial charge in [-0.3, -0.25) is 9.78 Å². The van der Waals surface area contributed by atoms with Crippen LogP contribution in [0.1, 0.15) is 21.1 Å². The summed E-state index contributed by atoms with van der Waals surface area (Å²) in [5.41, 5.74) is 2.52. The van der Waals surface area contributed by atoms with Crippen LogP contribution in [-0.4, -0.2) is 15.9 Å². The lowest BCUT2D eigenvalue weighted by Crippen LogP contribution is -2.23. The molecular formula is C17H15N3OS. The lowest BCUT2D eigenvalue weighted by atomic mass is 10.1. The van der Waals surface area contributed by atoms with Crippen molar-refractivity contribution in [3.8, 4) is 10.4 Å². The van der Waals surface area contributed by atoms with E-state index < -0.39 is 0 Å². The van der Waals surface area contributed by atoms with Crippen molar-refractivity contribution in [2.75, 3.05) is 0 Å². The highest BCUT2D eigenvalue weighted by molar-refractivity contribution is 7.15. The largest absolute Gasteiger partial charge is 0.347 e. The van der Waals surface area contributed by atoms with E-state index in [4.69, 9.17) is 0 Å². The first-order chi connectivity index (χ1) is 10.7. The Labute approximate surface area is 132 Å². The average Bonchev–Trinajstić information content (AvgIpc) is 2.96. The van der Waals surface area contributed by atoms with Gasteiger partial charge in [0, 0.05) is 18.9 Å². The van der Waals surface area contributed by atoms with Crippen LogP contribution in [0.25, 0.3) is 10.4 Å². The van der Waals surface area contributed by atoms with E-state index in [-0.39, 0.29) is 5.91 Å². The lowest BCUT2D eigenvalue weighted by molar-refractivity contribution is 0.0947. The van der Waals surface area contributed by atoms with E-state index in [1.807, 2.05) is 49.4 Å². The fourth-order valence-corrected chi connectivity index (χ4v) is 3.05. The molecule has 0 saturated carbocycles. The highest BCUT2D eigenvalue weighted by Gasteiger charge is 2.17. The number of aromatic nitrogens is 2. The zero-order valence-corrected chi connectivity index (χ0v) is 12.9. The van der Waals surface area contributed by atoms with Gasteiger partial charge in [-0.2, -0.15) is 0 Å². The smallest absolute Gasteiger partial charge is 0.271 e. The summed E-state index contributed by atoms with van der Waals surface area (Å²) in [6, 6.07) is 13.6. The Kier molecular flexibility index (Phi) is 4.25. The first kappa shape index (κ1) is 14.4. The number of hydrogen-bond donors (Lipinski definition) is 1. The predicted octanol–water partition coefficient (Wildman–Crippen LogP) is 3.44. The number of aryl methyl sites for hydroxylation is 1. The molecule has 4 nitrogen and oxygen atoms in total. The molecule has 110 valence electrons. The molecule has 0 atom stereocenters. The number of nitrogens with one attached hydrogen (secondary N) is 1. The maximum absolute atomic E-state index is 12.4. The molecule has 0 aliphatic rings. The van der Waals surface area contributed by atoms with Crippen molar-refractivity contribution in [1.82, 2.24) is 15.3 Å². The van der Waals surface area contributed by atoms with Gasteiger partial charge in [0.05, 0.1) is 9.88 Å². The van der Waals surface area contributed by atoms with Crippen molar-refractivity contribution in [1.29, 1.82) is 0 Å². The quantitative estimate of drug-likeness (QED) is 0.803. The molecule has 0 spiro atoms. The van der Waals surface area contributed by atoms with Crippen LogP contribution < -0.4 is 5.32 Å². The van der Waals surface area contributed by atoms with Gasteiger partial charge in [0.1, 0.15) is 5.69 Å². The van der Waals surface area contributed by atoms with Crippen molar-refractivity contribution in [2.24, 2.45) is 0 Å². The summed E-state index contributed by atoms with van der Waals surface area (Å²) in [4.78, 5) is 21.7. The molecule has 0 saturated heterocycles. The predicted molar refractivity (Wildman–Crippen MR) is 87.7 cm³/mol. The van der Waals surface area contributed by atoms with Crippen LogP contribution in [0.15, 0.2) is 54.9 Å². The SMILES string of the molecule is Cc1nc(C(=O)NCc2ccncc2)c(-c2ccccc2)s1. The number of amides is 1. The van der Waals surface area contributed by atoms with Gasteiger partial charge in [0.2, 0.25) is 0 Å². The minimum absolute atomic E-state index is 0.153. The van der Waals surface area contributed by atoms with Crippen LogP contribution in [0.4, 0.5) is 0 Å². The summed E-state index contributed by atoms with van der Waals surface area (Å²) < 4.78 is 0. The van der Waals surface area contributed by atoms with Gasteiger partial charge in [0.15, 0.2) is 0 Å². The van der Waals surface area contributed by atoms with Crippen molar-refractivity contribution >= 4 is 17.2 Å². The number of benzene rings is 1. The van der Waals surface area contributed by atoms with Gasteiger partial charge < -0.3 is 5.32 Å². The van der Waals surface area contributed by atoms with E-state index >= 15 is 0 Å². The van der Waals surface area contributed by atoms with Crippen LogP contribution in [0.2, 0.25) is 0 Å². The molecule has 1 N–H and O–H groups in total. The fraction of sp³-hybridized carbons (Fsp3) is 0.118. The van der Waals surface area contributed by atoms with Crippen molar-refractivity contribution in [2.45, 2.75) is 13.5 Å². The van der Waals surface area contributed by atoms with E-state index in [1.165, 1.54) is 11.3 Å². The van der Waals surface area contributed by atoms with Gasteiger partial charge >= 0.3 is 0 Å². The monoisotopic (exact) mass is 309 g/mol. The third-order valence-electron chi connectivity index (χ3n) is 3.19. The Bertz CT molecular complexity index is 769. The Hall–Kier alpha value is -2.53. The van der Waals surface area contributed by atoms with E-state index in [2.05, 4.69) is 15.3 Å². The number of nitrogens with zero attached hydrogens (tertiary/aromatic N) is 2. The number of rotatable bonds is 4. The average molecular weight is 309 g/mol. The van der Waals surface area contributed by atoms with Crippen LogP contribution >= 0.6 is 11.3 Å². The first-order valence-electron chi connectivity index (χ1n) is 6.94. The van der Waals surface area contributed by atoms with Crippen molar-refractivity contribution < 1.29 is 4.79 Å². The molecule has 2 aromatic heterocycles. The van der Waals surface area contributed by atoms with Gasteiger partial charge in [-0.1, -0.05) is 30.3 Å². The molecule has 5 heteroatoms. The maximum Gasteiger partial charge on any atom is 0.271 e. The molecule has 1 amide bonds. The van der Waals surface area contributed by atoms with Crippen molar-refractivity contribution in [3.05, 3.63) is 71.1 Å². The van der Waals surface area contributed by atoms with Crippen molar-refractivity contribution in [3.63, 3.8) is 0 Å². The van der Waals surface area contributed by atoms with Gasteiger partial charge in [-0.05, 0) is 30.2 Å². The number of thiazole rings is 1. The van der Waals surface area contributed by atoms with E-state index in [0.717, 1.165) is 21.0 Å². The Morgan fingerprint density at radius 2 is 1.86 bits per heavy atom. The van der Waals surface area contributed by atoms with Crippen LogP contribution in [0.3, 0.4) is 0 Å². The fourth-order valence-electron chi connectivity index (χ4n) is 2.13. The molecule has 2 heterocycles. The summed E-state index contributed by atoms with van der Waals surface area (Å²) in [5.74, 6) is -0.153. The molecule has 1 aromatic carbocycles. The summed E-state index contributed by atoms with van der Waals surface area (Å²) in [7, 11) is 0. The number of carbonyl (C=O) groups excluding carboxylic acids is 1. The third kappa shape index (κ3) is 3.20. The minimum atomic E-state index is -0.153. The molecule has 3 aromatic rings. The van der Waals surface area contributed by atoms with Gasteiger partial charge in [-0.25, -0.2) is 4.98 Å². The maximum atomic E-state index is 12.4. The second kappa shape index (κ2) is 6.49. The molecule has 0 radical (unpaired) electrons. The molecular weight excluding hydrogens is 294 g/mol. The molecule has 0 bridgehead atoms. The zero-order valence-electron chi connectivity index (χ0n) is 12.1.